The van der Waals surface area contributed by atoms with Gasteiger partial charge in [0.25, 0.3) is 5.91 Å². The zero-order valence-electron chi connectivity index (χ0n) is 23.8. The lowest BCUT2D eigenvalue weighted by atomic mass is 10.0. The highest BCUT2D eigenvalue weighted by molar-refractivity contribution is 5.96. The van der Waals surface area contributed by atoms with E-state index in [1.807, 2.05) is 53.4 Å². The molecule has 1 atom stereocenters. The molecule has 7 nitrogen and oxygen atoms in total. The van der Waals surface area contributed by atoms with Crippen molar-refractivity contribution < 1.29 is 9.59 Å². The van der Waals surface area contributed by atoms with Gasteiger partial charge in [0.1, 0.15) is 6.54 Å². The summed E-state index contributed by atoms with van der Waals surface area (Å²) in [7, 11) is 0. The van der Waals surface area contributed by atoms with Gasteiger partial charge in [-0.1, -0.05) is 93.1 Å². The molecule has 0 spiro atoms. The molecular formula is C34H37N5O2. The summed E-state index contributed by atoms with van der Waals surface area (Å²) in [6, 6.07) is 31.9. The first kappa shape index (κ1) is 28.0. The highest BCUT2D eigenvalue weighted by Crippen LogP contribution is 2.24. The lowest BCUT2D eigenvalue weighted by molar-refractivity contribution is -0.132. The van der Waals surface area contributed by atoms with Crippen LogP contribution in [0.4, 0.5) is 5.82 Å². The predicted molar refractivity (Wildman–Crippen MR) is 163 cm³/mol. The highest BCUT2D eigenvalue weighted by atomic mass is 16.2. The first-order chi connectivity index (χ1) is 20.0. The SMILES string of the molecule is CCC(C)CN(CC(=O)N1CCN(c2ccc(-c3ccc(-c4ccccc4)cc3)nn2)CC1)C(=O)c1ccccc1. The van der Waals surface area contributed by atoms with Crippen LogP contribution in [0.25, 0.3) is 22.4 Å². The smallest absolute Gasteiger partial charge is 0.254 e. The van der Waals surface area contributed by atoms with E-state index >= 15 is 0 Å². The quantitative estimate of drug-likeness (QED) is 0.271. The number of carbonyl (C=O) groups is 2. The Hall–Kier alpha value is -4.52. The number of aromatic nitrogens is 2. The van der Waals surface area contributed by atoms with E-state index in [-0.39, 0.29) is 18.4 Å². The minimum Gasteiger partial charge on any atom is -0.352 e. The molecule has 4 aromatic rings. The van der Waals surface area contributed by atoms with E-state index in [0.29, 0.717) is 44.2 Å². The number of amides is 2. The van der Waals surface area contributed by atoms with Crippen LogP contribution < -0.4 is 4.90 Å². The Morgan fingerprint density at radius 2 is 1.37 bits per heavy atom. The zero-order valence-corrected chi connectivity index (χ0v) is 23.8. The highest BCUT2D eigenvalue weighted by Gasteiger charge is 2.26. The number of benzene rings is 3. The third-order valence-corrected chi connectivity index (χ3v) is 7.76. The lowest BCUT2D eigenvalue weighted by Crippen LogP contribution is -2.52. The molecule has 1 saturated heterocycles. The number of anilines is 1. The molecule has 5 rings (SSSR count). The van der Waals surface area contributed by atoms with E-state index in [1.165, 1.54) is 11.1 Å². The van der Waals surface area contributed by atoms with Crippen LogP contribution in [0.15, 0.2) is 97.1 Å². The van der Waals surface area contributed by atoms with Gasteiger partial charge in [0, 0.05) is 43.9 Å². The lowest BCUT2D eigenvalue weighted by Gasteiger charge is -2.36. The number of piperazine rings is 1. The molecule has 1 aliphatic rings. The van der Waals surface area contributed by atoms with Gasteiger partial charge in [-0.15, -0.1) is 10.2 Å². The third kappa shape index (κ3) is 6.98. The van der Waals surface area contributed by atoms with Crippen molar-refractivity contribution in [3.63, 3.8) is 0 Å². The standard InChI is InChI=1S/C34H37N5O2/c1-3-26(2)24-39(34(41)30-12-8-5-9-13-30)25-33(40)38-22-20-37(21-23-38)32-19-18-31(35-36-32)29-16-14-28(15-17-29)27-10-6-4-7-11-27/h4-19,26H,3,20-25H2,1-2H3. The van der Waals surface area contributed by atoms with Crippen LogP contribution in [0, 0.1) is 5.92 Å². The van der Waals surface area contributed by atoms with Crippen LogP contribution in [0.2, 0.25) is 0 Å². The second kappa shape index (κ2) is 13.2. The Morgan fingerprint density at radius 1 is 0.756 bits per heavy atom. The third-order valence-electron chi connectivity index (χ3n) is 7.76. The number of hydrogen-bond acceptors (Lipinski definition) is 5. The molecule has 7 heteroatoms. The molecule has 2 amide bonds. The van der Waals surface area contributed by atoms with Crippen molar-refractivity contribution in [2.45, 2.75) is 20.3 Å². The normalized spacial score (nSPS) is 14.0. The summed E-state index contributed by atoms with van der Waals surface area (Å²) in [6.07, 6.45) is 0.949. The first-order valence-electron chi connectivity index (χ1n) is 14.4. The molecule has 210 valence electrons. The second-order valence-electron chi connectivity index (χ2n) is 10.7. The molecule has 1 aromatic heterocycles. The molecule has 0 N–H and O–H groups in total. The van der Waals surface area contributed by atoms with E-state index in [4.69, 9.17) is 0 Å². The molecule has 3 aromatic carbocycles. The summed E-state index contributed by atoms with van der Waals surface area (Å²) < 4.78 is 0. The van der Waals surface area contributed by atoms with Gasteiger partial charge >= 0.3 is 0 Å². The Bertz CT molecular complexity index is 1420. The maximum atomic E-state index is 13.3. The summed E-state index contributed by atoms with van der Waals surface area (Å²) in [4.78, 5) is 32.2. The maximum absolute atomic E-state index is 13.3. The molecule has 0 bridgehead atoms. The van der Waals surface area contributed by atoms with Crippen molar-refractivity contribution in [3.8, 4) is 22.4 Å². The van der Waals surface area contributed by atoms with Gasteiger partial charge in [0.05, 0.1) is 5.69 Å². The molecule has 1 unspecified atom stereocenters. The first-order valence-corrected chi connectivity index (χ1v) is 14.4. The molecule has 1 aliphatic heterocycles. The zero-order chi connectivity index (χ0) is 28.6. The molecule has 0 aliphatic carbocycles. The molecule has 0 saturated carbocycles. The van der Waals surface area contributed by atoms with Crippen molar-refractivity contribution >= 4 is 17.6 Å². The van der Waals surface area contributed by atoms with Crippen LogP contribution >= 0.6 is 0 Å². The van der Waals surface area contributed by atoms with Crippen LogP contribution in [-0.4, -0.2) is 71.1 Å². The summed E-state index contributed by atoms with van der Waals surface area (Å²) in [5.74, 6) is 1.01. The Labute approximate surface area is 242 Å². The van der Waals surface area contributed by atoms with Gasteiger partial charge < -0.3 is 14.7 Å². The summed E-state index contributed by atoms with van der Waals surface area (Å²) >= 11 is 0. The largest absolute Gasteiger partial charge is 0.352 e. The molecule has 2 heterocycles. The van der Waals surface area contributed by atoms with E-state index in [0.717, 1.165) is 23.5 Å². The Morgan fingerprint density at radius 3 is 1.98 bits per heavy atom. The van der Waals surface area contributed by atoms with Crippen molar-refractivity contribution in [2.75, 3.05) is 44.2 Å². The van der Waals surface area contributed by atoms with Crippen molar-refractivity contribution in [1.29, 1.82) is 0 Å². The number of rotatable bonds is 9. The van der Waals surface area contributed by atoms with Gasteiger partial charge in [-0.05, 0) is 41.3 Å². The Balaban J connectivity index is 1.17. The van der Waals surface area contributed by atoms with E-state index in [9.17, 15) is 9.59 Å². The summed E-state index contributed by atoms with van der Waals surface area (Å²) in [5, 5.41) is 8.98. The number of carbonyl (C=O) groups excluding carboxylic acids is 2. The summed E-state index contributed by atoms with van der Waals surface area (Å²) in [6.45, 7) is 7.38. The van der Waals surface area contributed by atoms with Crippen molar-refractivity contribution in [1.82, 2.24) is 20.0 Å². The van der Waals surface area contributed by atoms with E-state index in [2.05, 4.69) is 65.3 Å². The van der Waals surface area contributed by atoms with E-state index in [1.54, 1.807) is 17.0 Å². The van der Waals surface area contributed by atoms with Crippen LogP contribution in [0.1, 0.15) is 30.6 Å². The predicted octanol–water partition coefficient (Wildman–Crippen LogP) is 5.65. The van der Waals surface area contributed by atoms with Gasteiger partial charge in [0.15, 0.2) is 5.82 Å². The van der Waals surface area contributed by atoms with Gasteiger partial charge in [0.2, 0.25) is 5.91 Å². The monoisotopic (exact) mass is 547 g/mol. The van der Waals surface area contributed by atoms with Crippen LogP contribution in [0.3, 0.4) is 0 Å². The fourth-order valence-electron chi connectivity index (χ4n) is 5.05. The average Bonchev–Trinajstić information content (AvgIpc) is 3.05. The topological polar surface area (TPSA) is 69.6 Å². The van der Waals surface area contributed by atoms with Gasteiger partial charge in [-0.3, -0.25) is 9.59 Å². The molecular weight excluding hydrogens is 510 g/mol. The number of hydrogen-bond donors (Lipinski definition) is 0. The van der Waals surface area contributed by atoms with Crippen molar-refractivity contribution in [3.05, 3.63) is 103 Å². The number of nitrogens with zero attached hydrogens (tertiary/aromatic N) is 5. The second-order valence-corrected chi connectivity index (χ2v) is 10.7. The summed E-state index contributed by atoms with van der Waals surface area (Å²) in [5.41, 5.74) is 4.81. The van der Waals surface area contributed by atoms with Crippen molar-refractivity contribution in [2.24, 2.45) is 5.92 Å². The van der Waals surface area contributed by atoms with Crippen LogP contribution in [-0.2, 0) is 4.79 Å². The van der Waals surface area contributed by atoms with Crippen LogP contribution in [0.5, 0.6) is 0 Å². The minimum atomic E-state index is -0.0945. The molecule has 1 fully saturated rings. The fraction of sp³-hybridized carbons (Fsp3) is 0.294. The maximum Gasteiger partial charge on any atom is 0.254 e. The Kier molecular flexibility index (Phi) is 9.04. The average molecular weight is 548 g/mol. The molecule has 0 radical (unpaired) electrons. The fourth-order valence-corrected chi connectivity index (χ4v) is 5.05. The van der Waals surface area contributed by atoms with E-state index < -0.39 is 0 Å². The van der Waals surface area contributed by atoms with Gasteiger partial charge in [-0.25, -0.2) is 0 Å². The minimum absolute atomic E-state index is 0.0161. The van der Waals surface area contributed by atoms with Gasteiger partial charge in [-0.2, -0.15) is 0 Å². The molecule has 41 heavy (non-hydrogen) atoms.